The van der Waals surface area contributed by atoms with Crippen LogP contribution in [0.1, 0.15) is 60.3 Å². The fraction of sp³-hybridized carbons (Fsp3) is 0.667. The first-order valence-electron chi connectivity index (χ1n) is 9.49. The van der Waals surface area contributed by atoms with Crippen molar-refractivity contribution in [2.24, 2.45) is 0 Å². The monoisotopic (exact) mass is 346 g/mol. The molecule has 1 heterocycles. The zero-order valence-corrected chi connectivity index (χ0v) is 16.5. The van der Waals surface area contributed by atoms with Crippen molar-refractivity contribution in [3.05, 3.63) is 30.3 Å². The highest BCUT2D eigenvalue weighted by molar-refractivity contribution is 5.78. The molecule has 0 aromatic heterocycles. The van der Waals surface area contributed by atoms with Gasteiger partial charge >= 0.3 is 0 Å². The van der Waals surface area contributed by atoms with Gasteiger partial charge in [-0.3, -0.25) is 4.79 Å². The van der Waals surface area contributed by atoms with Crippen LogP contribution < -0.4 is 10.1 Å². The Hall–Kier alpha value is -1.55. The van der Waals surface area contributed by atoms with Crippen molar-refractivity contribution < 1.29 is 9.53 Å². The van der Waals surface area contributed by atoms with Gasteiger partial charge in [-0.1, -0.05) is 31.5 Å². The Bertz CT molecular complexity index is 538. The van der Waals surface area contributed by atoms with Crippen molar-refractivity contribution >= 4 is 5.91 Å². The minimum absolute atomic E-state index is 0.0252. The van der Waals surface area contributed by atoms with E-state index >= 15 is 0 Å². The van der Waals surface area contributed by atoms with Crippen molar-refractivity contribution in [3.8, 4) is 5.75 Å². The molecule has 0 spiro atoms. The second kappa shape index (κ2) is 8.22. The molecule has 4 nitrogen and oxygen atoms in total. The molecule has 1 aliphatic heterocycles. The Kier molecular flexibility index (Phi) is 6.50. The predicted octanol–water partition coefficient (Wildman–Crippen LogP) is 4.00. The molecule has 0 atom stereocenters. The maximum atomic E-state index is 12.9. The van der Waals surface area contributed by atoms with Gasteiger partial charge in [-0.15, -0.1) is 0 Å². The fourth-order valence-corrected chi connectivity index (χ4v) is 4.07. The molecule has 0 unspecified atom stereocenters. The van der Waals surface area contributed by atoms with Crippen molar-refractivity contribution in [2.45, 2.75) is 77.4 Å². The van der Waals surface area contributed by atoms with E-state index in [1.54, 1.807) is 0 Å². The van der Waals surface area contributed by atoms with Gasteiger partial charge in [0.05, 0.1) is 0 Å². The van der Waals surface area contributed by atoms with Crippen LogP contribution in [0.2, 0.25) is 0 Å². The maximum absolute atomic E-state index is 12.9. The Morgan fingerprint density at radius 3 is 2.32 bits per heavy atom. The molecule has 1 fully saturated rings. The highest BCUT2D eigenvalue weighted by Crippen LogP contribution is 2.32. The van der Waals surface area contributed by atoms with Crippen LogP contribution in [0.15, 0.2) is 30.3 Å². The summed E-state index contributed by atoms with van der Waals surface area (Å²) in [6.07, 6.45) is 4.05. The third-order valence-electron chi connectivity index (χ3n) is 4.79. The Labute approximate surface area is 152 Å². The molecule has 1 aromatic rings. The Morgan fingerprint density at radius 2 is 1.76 bits per heavy atom. The fourth-order valence-electron chi connectivity index (χ4n) is 4.07. The third kappa shape index (κ3) is 6.03. The second-order valence-corrected chi connectivity index (χ2v) is 8.50. The van der Waals surface area contributed by atoms with Crippen LogP contribution in [0.3, 0.4) is 0 Å². The van der Waals surface area contributed by atoms with Gasteiger partial charge in [0.15, 0.2) is 6.61 Å². The lowest BCUT2D eigenvalue weighted by molar-refractivity contribution is -0.137. The highest BCUT2D eigenvalue weighted by Gasteiger charge is 2.41. The molecule has 0 bridgehead atoms. The van der Waals surface area contributed by atoms with Gasteiger partial charge in [0, 0.05) is 23.7 Å². The summed E-state index contributed by atoms with van der Waals surface area (Å²) in [7, 11) is 0. The summed E-state index contributed by atoms with van der Waals surface area (Å²) in [4.78, 5) is 15.0. The zero-order valence-electron chi connectivity index (χ0n) is 16.5. The number of hydrogen-bond acceptors (Lipinski definition) is 3. The van der Waals surface area contributed by atoms with Crippen LogP contribution in [0.4, 0.5) is 0 Å². The summed E-state index contributed by atoms with van der Waals surface area (Å²) in [5.41, 5.74) is 0.0505. The van der Waals surface area contributed by atoms with E-state index in [-0.39, 0.29) is 29.6 Å². The molecular weight excluding hydrogens is 312 g/mol. The predicted molar refractivity (Wildman–Crippen MR) is 103 cm³/mol. The van der Waals surface area contributed by atoms with Crippen molar-refractivity contribution in [1.82, 2.24) is 10.2 Å². The van der Waals surface area contributed by atoms with Crippen LogP contribution >= 0.6 is 0 Å². The molecule has 1 N–H and O–H groups in total. The molecule has 2 rings (SSSR count). The van der Waals surface area contributed by atoms with E-state index in [0.29, 0.717) is 0 Å². The molecule has 1 aliphatic rings. The molecule has 1 aromatic carbocycles. The van der Waals surface area contributed by atoms with E-state index in [1.165, 1.54) is 0 Å². The van der Waals surface area contributed by atoms with Crippen molar-refractivity contribution in [3.63, 3.8) is 0 Å². The quantitative estimate of drug-likeness (QED) is 0.811. The first-order valence-corrected chi connectivity index (χ1v) is 9.49. The van der Waals surface area contributed by atoms with Crippen molar-refractivity contribution in [1.29, 1.82) is 0 Å². The number of benzene rings is 1. The molecular formula is C21H34N2O2. The Morgan fingerprint density at radius 1 is 1.16 bits per heavy atom. The number of amides is 1. The van der Waals surface area contributed by atoms with Crippen LogP contribution in [0.5, 0.6) is 5.75 Å². The number of carbonyl (C=O) groups excluding carboxylic acids is 1. The van der Waals surface area contributed by atoms with Gasteiger partial charge in [-0.2, -0.15) is 0 Å². The SMILES string of the molecule is CCCCN(C(=O)COc1ccccc1)C1CC(C)(C)NC(C)(C)C1. The number of rotatable bonds is 7. The summed E-state index contributed by atoms with van der Waals surface area (Å²) in [6, 6.07) is 9.83. The summed E-state index contributed by atoms with van der Waals surface area (Å²) in [6.45, 7) is 12.0. The first-order chi connectivity index (χ1) is 11.7. The van der Waals surface area contributed by atoms with Crippen LogP contribution in [0.25, 0.3) is 0 Å². The minimum Gasteiger partial charge on any atom is -0.484 e. The van der Waals surface area contributed by atoms with Crippen LogP contribution in [-0.4, -0.2) is 41.1 Å². The van der Waals surface area contributed by atoms with Crippen LogP contribution in [0, 0.1) is 0 Å². The van der Waals surface area contributed by atoms with Gasteiger partial charge in [-0.05, 0) is 59.1 Å². The molecule has 140 valence electrons. The summed E-state index contributed by atoms with van der Waals surface area (Å²) < 4.78 is 5.72. The molecule has 0 aliphatic carbocycles. The van der Waals surface area contributed by atoms with Gasteiger partial charge in [0.1, 0.15) is 5.75 Å². The van der Waals surface area contributed by atoms with Gasteiger partial charge in [0.2, 0.25) is 0 Å². The average Bonchev–Trinajstić information content (AvgIpc) is 2.51. The van der Waals surface area contributed by atoms with Gasteiger partial charge < -0.3 is 15.0 Å². The Balaban J connectivity index is 2.07. The molecule has 25 heavy (non-hydrogen) atoms. The number of nitrogens with zero attached hydrogens (tertiary/aromatic N) is 1. The van der Waals surface area contributed by atoms with Gasteiger partial charge in [-0.25, -0.2) is 0 Å². The third-order valence-corrected chi connectivity index (χ3v) is 4.79. The van der Waals surface area contributed by atoms with E-state index in [0.717, 1.165) is 38.0 Å². The molecule has 0 saturated carbocycles. The molecule has 1 amide bonds. The second-order valence-electron chi connectivity index (χ2n) is 8.50. The van der Waals surface area contributed by atoms with E-state index in [2.05, 4.69) is 44.8 Å². The van der Waals surface area contributed by atoms with E-state index in [4.69, 9.17) is 4.74 Å². The van der Waals surface area contributed by atoms with Crippen molar-refractivity contribution in [2.75, 3.05) is 13.2 Å². The lowest BCUT2D eigenvalue weighted by Gasteiger charge is -2.49. The summed E-state index contributed by atoms with van der Waals surface area (Å²) >= 11 is 0. The minimum atomic E-state index is 0.0252. The molecule has 4 heteroatoms. The number of piperidine rings is 1. The number of carbonyl (C=O) groups is 1. The van der Waals surface area contributed by atoms with E-state index < -0.39 is 0 Å². The number of ether oxygens (including phenoxy) is 1. The van der Waals surface area contributed by atoms with Crippen LogP contribution in [-0.2, 0) is 4.79 Å². The topological polar surface area (TPSA) is 41.6 Å². The largest absolute Gasteiger partial charge is 0.484 e. The van der Waals surface area contributed by atoms with Gasteiger partial charge in [0.25, 0.3) is 5.91 Å². The first kappa shape index (κ1) is 19.8. The summed E-state index contributed by atoms with van der Waals surface area (Å²) in [5.74, 6) is 0.841. The molecule has 0 radical (unpaired) electrons. The number of para-hydroxylation sites is 1. The normalized spacial score (nSPS) is 19.4. The van der Waals surface area contributed by atoms with E-state index in [1.807, 2.05) is 30.3 Å². The number of unbranched alkanes of at least 4 members (excludes halogenated alkanes) is 1. The number of hydrogen-bond donors (Lipinski definition) is 1. The summed E-state index contributed by atoms with van der Waals surface area (Å²) in [5, 5.41) is 3.70. The lowest BCUT2D eigenvalue weighted by Crippen LogP contribution is -2.63. The van der Waals surface area contributed by atoms with E-state index in [9.17, 15) is 4.79 Å². The maximum Gasteiger partial charge on any atom is 0.260 e. The standard InChI is InChI=1S/C21H34N2O2/c1-6-7-13-23(17-14-20(2,3)22-21(4,5)15-17)19(24)16-25-18-11-9-8-10-12-18/h8-12,17,22H,6-7,13-16H2,1-5H3. The smallest absolute Gasteiger partial charge is 0.260 e. The average molecular weight is 347 g/mol. The zero-order chi connectivity index (χ0) is 18.5. The molecule has 1 saturated heterocycles. The number of nitrogens with one attached hydrogen (secondary N) is 1. The highest BCUT2D eigenvalue weighted by atomic mass is 16.5. The lowest BCUT2D eigenvalue weighted by atomic mass is 9.79.